The zero-order valence-electron chi connectivity index (χ0n) is 10.6. The number of hydrazine groups is 1. The quantitative estimate of drug-likeness (QED) is 0.643. The van der Waals surface area contributed by atoms with E-state index < -0.39 is 0 Å². The lowest BCUT2D eigenvalue weighted by atomic mass is 10.1. The lowest BCUT2D eigenvalue weighted by Crippen LogP contribution is -2.28. The molecule has 0 aliphatic heterocycles. The monoisotopic (exact) mass is 262 g/mol. The largest absolute Gasteiger partial charge is 0.491 e. The number of benzene rings is 1. The lowest BCUT2D eigenvalue weighted by molar-refractivity contribution is 0.242. The molecule has 2 aromatic rings. The molecular formula is C14H18N2OS. The van der Waals surface area contributed by atoms with Crippen LogP contribution in [0.25, 0.3) is 0 Å². The van der Waals surface area contributed by atoms with Crippen molar-refractivity contribution in [2.75, 3.05) is 0 Å². The Bertz CT molecular complexity index is 465. The third kappa shape index (κ3) is 3.10. The Kier molecular flexibility index (Phi) is 4.36. The normalized spacial score (nSPS) is 12.7. The minimum absolute atomic E-state index is 0.0399. The SMILES string of the molecule is CC(C)Oc1ccc(C(NN)c2cccs2)cc1. The van der Waals surface area contributed by atoms with Crippen molar-refractivity contribution < 1.29 is 4.74 Å². The molecule has 96 valence electrons. The Hall–Kier alpha value is -1.36. The van der Waals surface area contributed by atoms with Crippen LogP contribution in [0.4, 0.5) is 0 Å². The predicted octanol–water partition coefficient (Wildman–Crippen LogP) is 3.09. The highest BCUT2D eigenvalue weighted by Crippen LogP contribution is 2.26. The third-order valence-corrected chi connectivity index (χ3v) is 3.52. The van der Waals surface area contributed by atoms with E-state index in [-0.39, 0.29) is 12.1 Å². The third-order valence-electron chi connectivity index (χ3n) is 2.58. The van der Waals surface area contributed by atoms with Gasteiger partial charge in [0.1, 0.15) is 5.75 Å². The second-order valence-corrected chi connectivity index (χ2v) is 5.33. The van der Waals surface area contributed by atoms with Crippen molar-refractivity contribution in [2.24, 2.45) is 5.84 Å². The van der Waals surface area contributed by atoms with E-state index >= 15 is 0 Å². The summed E-state index contributed by atoms with van der Waals surface area (Å²) < 4.78 is 5.62. The molecule has 1 heterocycles. The maximum Gasteiger partial charge on any atom is 0.119 e. The molecule has 1 unspecified atom stereocenters. The average molecular weight is 262 g/mol. The van der Waals surface area contributed by atoms with Gasteiger partial charge in [-0.05, 0) is 43.0 Å². The molecule has 2 rings (SSSR count). The van der Waals surface area contributed by atoms with Crippen molar-refractivity contribution in [3.8, 4) is 5.75 Å². The van der Waals surface area contributed by atoms with Crippen molar-refractivity contribution in [3.05, 3.63) is 52.2 Å². The summed E-state index contributed by atoms with van der Waals surface area (Å²) in [5.41, 5.74) is 3.99. The first-order valence-electron chi connectivity index (χ1n) is 5.97. The molecule has 0 aliphatic rings. The van der Waals surface area contributed by atoms with Gasteiger partial charge in [-0.1, -0.05) is 18.2 Å². The molecule has 3 N–H and O–H groups in total. The van der Waals surface area contributed by atoms with E-state index in [9.17, 15) is 0 Å². The van der Waals surface area contributed by atoms with Gasteiger partial charge in [-0.2, -0.15) is 0 Å². The van der Waals surface area contributed by atoms with Gasteiger partial charge in [-0.15, -0.1) is 11.3 Å². The summed E-state index contributed by atoms with van der Waals surface area (Å²) >= 11 is 1.69. The maximum atomic E-state index is 5.64. The molecule has 1 aromatic carbocycles. The van der Waals surface area contributed by atoms with Crippen molar-refractivity contribution >= 4 is 11.3 Å². The van der Waals surface area contributed by atoms with Crippen molar-refractivity contribution in [1.82, 2.24) is 5.43 Å². The second kappa shape index (κ2) is 6.00. The predicted molar refractivity (Wildman–Crippen MR) is 75.7 cm³/mol. The molecule has 0 saturated heterocycles. The standard InChI is InChI=1S/C14H18N2OS/c1-10(2)17-12-7-5-11(6-8-12)14(16-15)13-4-3-9-18-13/h3-10,14,16H,15H2,1-2H3. The first kappa shape index (κ1) is 13.1. The highest BCUT2D eigenvalue weighted by atomic mass is 32.1. The Morgan fingerprint density at radius 1 is 1.17 bits per heavy atom. The fraction of sp³-hybridized carbons (Fsp3) is 0.286. The molecule has 1 aromatic heterocycles. The topological polar surface area (TPSA) is 47.3 Å². The molecule has 0 bridgehead atoms. The summed E-state index contributed by atoms with van der Waals surface area (Å²) in [5, 5.41) is 2.05. The van der Waals surface area contributed by atoms with E-state index in [4.69, 9.17) is 10.6 Å². The molecule has 1 atom stereocenters. The molecule has 0 fully saturated rings. The van der Waals surface area contributed by atoms with Crippen molar-refractivity contribution in [2.45, 2.75) is 26.0 Å². The smallest absolute Gasteiger partial charge is 0.119 e. The van der Waals surface area contributed by atoms with Gasteiger partial charge < -0.3 is 4.74 Å². The van der Waals surface area contributed by atoms with Crippen LogP contribution in [0.5, 0.6) is 5.75 Å². The van der Waals surface area contributed by atoms with Crippen LogP contribution in [-0.4, -0.2) is 6.10 Å². The molecule has 3 nitrogen and oxygen atoms in total. The van der Waals surface area contributed by atoms with Gasteiger partial charge in [0, 0.05) is 4.88 Å². The summed E-state index contributed by atoms with van der Waals surface area (Å²) in [6.07, 6.45) is 0.191. The van der Waals surface area contributed by atoms with E-state index in [0.29, 0.717) is 0 Å². The molecule has 0 spiro atoms. The lowest BCUT2D eigenvalue weighted by Gasteiger charge is -2.16. The second-order valence-electron chi connectivity index (χ2n) is 4.35. The summed E-state index contributed by atoms with van der Waals surface area (Å²) in [7, 11) is 0. The van der Waals surface area contributed by atoms with Crippen LogP contribution in [0.3, 0.4) is 0 Å². The maximum absolute atomic E-state index is 5.64. The van der Waals surface area contributed by atoms with Crippen LogP contribution in [-0.2, 0) is 0 Å². The van der Waals surface area contributed by atoms with Gasteiger partial charge in [-0.25, -0.2) is 5.43 Å². The van der Waals surface area contributed by atoms with E-state index in [1.807, 2.05) is 44.2 Å². The van der Waals surface area contributed by atoms with Crippen LogP contribution in [0.2, 0.25) is 0 Å². The molecule has 4 heteroatoms. The van der Waals surface area contributed by atoms with Crippen LogP contribution in [0, 0.1) is 0 Å². The minimum atomic E-state index is 0.0399. The van der Waals surface area contributed by atoms with E-state index in [2.05, 4.69) is 16.9 Å². The Balaban J connectivity index is 2.17. The summed E-state index contributed by atoms with van der Waals surface area (Å²) in [5.74, 6) is 6.53. The van der Waals surface area contributed by atoms with Gasteiger partial charge in [0.2, 0.25) is 0 Å². The summed E-state index contributed by atoms with van der Waals surface area (Å²) in [6, 6.07) is 12.2. The number of hydrogen-bond donors (Lipinski definition) is 2. The number of thiophene rings is 1. The number of nitrogens with two attached hydrogens (primary N) is 1. The number of rotatable bonds is 5. The molecule has 18 heavy (non-hydrogen) atoms. The van der Waals surface area contributed by atoms with E-state index in [0.717, 1.165) is 11.3 Å². The molecular weight excluding hydrogens is 244 g/mol. The van der Waals surface area contributed by atoms with Crippen LogP contribution >= 0.6 is 11.3 Å². The first-order valence-corrected chi connectivity index (χ1v) is 6.85. The number of hydrogen-bond acceptors (Lipinski definition) is 4. The van der Waals surface area contributed by atoms with Crippen LogP contribution < -0.4 is 16.0 Å². The van der Waals surface area contributed by atoms with Gasteiger partial charge >= 0.3 is 0 Å². The van der Waals surface area contributed by atoms with Gasteiger partial charge in [0.15, 0.2) is 0 Å². The van der Waals surface area contributed by atoms with E-state index in [1.54, 1.807) is 11.3 Å². The van der Waals surface area contributed by atoms with Crippen molar-refractivity contribution in [3.63, 3.8) is 0 Å². The zero-order valence-corrected chi connectivity index (χ0v) is 11.4. The molecule has 0 radical (unpaired) electrons. The summed E-state index contributed by atoms with van der Waals surface area (Å²) in [4.78, 5) is 1.20. The number of nitrogens with one attached hydrogen (secondary N) is 1. The van der Waals surface area contributed by atoms with Gasteiger partial charge in [-0.3, -0.25) is 5.84 Å². The molecule has 0 saturated carbocycles. The van der Waals surface area contributed by atoms with E-state index in [1.165, 1.54) is 4.88 Å². The Morgan fingerprint density at radius 2 is 1.89 bits per heavy atom. The Morgan fingerprint density at radius 3 is 2.39 bits per heavy atom. The highest BCUT2D eigenvalue weighted by Gasteiger charge is 2.13. The van der Waals surface area contributed by atoms with Crippen LogP contribution in [0.1, 0.15) is 30.3 Å². The molecule has 0 amide bonds. The summed E-state index contributed by atoms with van der Waals surface area (Å²) in [6.45, 7) is 4.04. The average Bonchev–Trinajstić information content (AvgIpc) is 2.85. The highest BCUT2D eigenvalue weighted by molar-refractivity contribution is 7.10. The van der Waals surface area contributed by atoms with Gasteiger partial charge in [0.05, 0.1) is 12.1 Å². The zero-order chi connectivity index (χ0) is 13.0. The minimum Gasteiger partial charge on any atom is -0.491 e. The van der Waals surface area contributed by atoms with Crippen molar-refractivity contribution in [1.29, 1.82) is 0 Å². The first-order chi connectivity index (χ1) is 8.70. The Labute approximate surface area is 112 Å². The van der Waals surface area contributed by atoms with Crippen LogP contribution in [0.15, 0.2) is 41.8 Å². The number of ether oxygens (including phenoxy) is 1. The fourth-order valence-electron chi connectivity index (χ4n) is 1.81. The van der Waals surface area contributed by atoms with Gasteiger partial charge in [0.25, 0.3) is 0 Å². The molecule has 0 aliphatic carbocycles. The fourth-order valence-corrected chi connectivity index (χ4v) is 2.62.